The molecule has 0 atom stereocenters. The minimum Gasteiger partial charge on any atom is -0.495 e. The highest BCUT2D eigenvalue weighted by Crippen LogP contribution is 2.36. The fourth-order valence-corrected chi connectivity index (χ4v) is 2.43. The van der Waals surface area contributed by atoms with Crippen LogP contribution in [0.5, 0.6) is 11.5 Å². The van der Waals surface area contributed by atoms with E-state index in [2.05, 4.69) is 26.6 Å². The second-order valence-corrected chi connectivity index (χ2v) is 5.44. The Morgan fingerprint density at radius 3 is 2.27 bits per heavy atom. The lowest BCUT2D eigenvalue weighted by Gasteiger charge is -2.14. The molecule has 0 fully saturated rings. The molecule has 0 radical (unpaired) electrons. The first-order valence-corrected chi connectivity index (χ1v) is 7.39. The van der Waals surface area contributed by atoms with E-state index in [0.717, 1.165) is 15.7 Å². The summed E-state index contributed by atoms with van der Waals surface area (Å²) in [6.45, 7) is 1.93. The van der Waals surface area contributed by atoms with Crippen molar-refractivity contribution in [2.24, 2.45) is 0 Å². The van der Waals surface area contributed by atoms with Gasteiger partial charge in [-0.2, -0.15) is 0 Å². The Labute approximate surface area is 137 Å². The van der Waals surface area contributed by atoms with Gasteiger partial charge in [-0.05, 0) is 34.5 Å². The van der Waals surface area contributed by atoms with Crippen molar-refractivity contribution in [2.75, 3.05) is 24.9 Å². The summed E-state index contributed by atoms with van der Waals surface area (Å²) >= 11 is 3.38. The third kappa shape index (κ3) is 3.71. The molecule has 0 aliphatic rings. The second-order valence-electron chi connectivity index (χ2n) is 4.58. The van der Waals surface area contributed by atoms with Crippen LogP contribution in [0.2, 0.25) is 0 Å². The Kier molecular flexibility index (Phi) is 5.27. The number of methoxy groups -OCH3 is 2. The molecule has 2 aromatic rings. The normalized spacial score (nSPS) is 10.0. The van der Waals surface area contributed by atoms with Gasteiger partial charge in [0.15, 0.2) is 0 Å². The van der Waals surface area contributed by atoms with Crippen molar-refractivity contribution in [2.45, 2.75) is 6.92 Å². The van der Waals surface area contributed by atoms with E-state index in [1.807, 2.05) is 31.2 Å². The van der Waals surface area contributed by atoms with Crippen molar-refractivity contribution < 1.29 is 14.3 Å². The summed E-state index contributed by atoms with van der Waals surface area (Å²) in [5.41, 5.74) is 2.26. The molecule has 2 aromatic carbocycles. The number of para-hydroxylation sites is 1. The van der Waals surface area contributed by atoms with Crippen LogP contribution in [0.3, 0.4) is 0 Å². The first-order valence-electron chi connectivity index (χ1n) is 6.60. The zero-order valence-corrected chi connectivity index (χ0v) is 14.2. The minimum absolute atomic E-state index is 0.350. The summed E-state index contributed by atoms with van der Waals surface area (Å²) in [5.74, 6) is 1.14. The average molecular weight is 365 g/mol. The molecule has 0 spiro atoms. The van der Waals surface area contributed by atoms with E-state index < -0.39 is 0 Å². The van der Waals surface area contributed by atoms with Crippen LogP contribution in [0.1, 0.15) is 5.56 Å². The lowest BCUT2D eigenvalue weighted by molar-refractivity contribution is 0.262. The molecule has 0 saturated heterocycles. The molecule has 6 heteroatoms. The first kappa shape index (κ1) is 16.2. The molecular formula is C16H17BrN2O3. The number of anilines is 2. The molecule has 0 bridgehead atoms. The van der Waals surface area contributed by atoms with E-state index in [0.29, 0.717) is 17.2 Å². The minimum atomic E-state index is -0.350. The third-order valence-electron chi connectivity index (χ3n) is 3.12. The van der Waals surface area contributed by atoms with Crippen molar-refractivity contribution in [3.05, 3.63) is 46.4 Å². The standard InChI is InChI=1S/C16H17BrN2O3/c1-10-6-4-5-7-12(10)18-16(20)19-13-9-14(21-2)11(17)8-15(13)22-3/h4-9H,1-3H3,(H2,18,19,20). The van der Waals surface area contributed by atoms with Gasteiger partial charge >= 0.3 is 6.03 Å². The number of halogens is 1. The number of ether oxygens (including phenoxy) is 2. The number of aryl methyl sites for hydroxylation is 1. The third-order valence-corrected chi connectivity index (χ3v) is 3.74. The fourth-order valence-electron chi connectivity index (χ4n) is 1.95. The van der Waals surface area contributed by atoms with Gasteiger partial charge in [-0.15, -0.1) is 0 Å². The van der Waals surface area contributed by atoms with Crippen LogP contribution >= 0.6 is 15.9 Å². The van der Waals surface area contributed by atoms with E-state index in [9.17, 15) is 4.79 Å². The Bertz CT molecular complexity index is 689. The lowest BCUT2D eigenvalue weighted by Crippen LogP contribution is -2.20. The van der Waals surface area contributed by atoms with Gasteiger partial charge in [-0.3, -0.25) is 0 Å². The van der Waals surface area contributed by atoms with Gasteiger partial charge in [0.25, 0.3) is 0 Å². The number of hydrogen-bond acceptors (Lipinski definition) is 3. The summed E-state index contributed by atoms with van der Waals surface area (Å²) in [6, 6.07) is 10.6. The Morgan fingerprint density at radius 2 is 1.64 bits per heavy atom. The zero-order chi connectivity index (χ0) is 16.1. The van der Waals surface area contributed by atoms with Crippen LogP contribution in [0.25, 0.3) is 0 Å². The van der Waals surface area contributed by atoms with Crippen LogP contribution in [0, 0.1) is 6.92 Å². The van der Waals surface area contributed by atoms with Crippen LogP contribution < -0.4 is 20.1 Å². The molecule has 0 aliphatic heterocycles. The maximum atomic E-state index is 12.2. The molecule has 2 N–H and O–H groups in total. The van der Waals surface area contributed by atoms with Gasteiger partial charge in [0.2, 0.25) is 0 Å². The highest BCUT2D eigenvalue weighted by atomic mass is 79.9. The van der Waals surface area contributed by atoms with Crippen LogP contribution in [0.4, 0.5) is 16.2 Å². The summed E-state index contributed by atoms with van der Waals surface area (Å²) in [6.07, 6.45) is 0. The highest BCUT2D eigenvalue weighted by Gasteiger charge is 2.12. The van der Waals surface area contributed by atoms with Gasteiger partial charge in [0.05, 0.1) is 24.4 Å². The molecule has 0 heterocycles. The quantitative estimate of drug-likeness (QED) is 0.843. The van der Waals surface area contributed by atoms with Gasteiger partial charge in [-0.25, -0.2) is 4.79 Å². The van der Waals surface area contributed by atoms with Gasteiger partial charge in [0, 0.05) is 17.8 Å². The van der Waals surface area contributed by atoms with Crippen molar-refractivity contribution in [3.8, 4) is 11.5 Å². The van der Waals surface area contributed by atoms with Crippen molar-refractivity contribution in [3.63, 3.8) is 0 Å². The number of rotatable bonds is 4. The smallest absolute Gasteiger partial charge is 0.323 e. The number of urea groups is 1. The molecule has 22 heavy (non-hydrogen) atoms. The Balaban J connectivity index is 2.19. The number of amides is 2. The van der Waals surface area contributed by atoms with Crippen LogP contribution in [-0.4, -0.2) is 20.3 Å². The van der Waals surface area contributed by atoms with Crippen molar-refractivity contribution >= 4 is 33.3 Å². The van der Waals surface area contributed by atoms with Gasteiger partial charge < -0.3 is 20.1 Å². The van der Waals surface area contributed by atoms with E-state index in [4.69, 9.17) is 9.47 Å². The lowest BCUT2D eigenvalue weighted by atomic mass is 10.2. The first-order chi connectivity index (χ1) is 10.5. The molecule has 0 saturated carbocycles. The number of hydrogen-bond donors (Lipinski definition) is 2. The molecule has 2 rings (SSSR count). The zero-order valence-electron chi connectivity index (χ0n) is 12.6. The highest BCUT2D eigenvalue weighted by molar-refractivity contribution is 9.10. The number of nitrogens with one attached hydrogen (secondary N) is 2. The second kappa shape index (κ2) is 7.17. The largest absolute Gasteiger partial charge is 0.495 e. The summed E-state index contributed by atoms with van der Waals surface area (Å²) in [5, 5.41) is 5.57. The predicted molar refractivity (Wildman–Crippen MR) is 91.1 cm³/mol. The monoisotopic (exact) mass is 364 g/mol. The van der Waals surface area contributed by atoms with Crippen LogP contribution in [0.15, 0.2) is 40.9 Å². The Morgan fingerprint density at radius 1 is 1.00 bits per heavy atom. The summed E-state index contributed by atoms with van der Waals surface area (Å²) < 4.78 is 11.2. The van der Waals surface area contributed by atoms with E-state index in [1.165, 1.54) is 0 Å². The van der Waals surface area contributed by atoms with Gasteiger partial charge in [0.1, 0.15) is 11.5 Å². The van der Waals surface area contributed by atoms with Gasteiger partial charge in [-0.1, -0.05) is 18.2 Å². The number of carbonyl (C=O) groups excluding carboxylic acids is 1. The number of benzene rings is 2. The molecule has 5 nitrogen and oxygen atoms in total. The molecule has 0 aromatic heterocycles. The fraction of sp³-hybridized carbons (Fsp3) is 0.188. The maximum absolute atomic E-state index is 12.2. The van der Waals surface area contributed by atoms with E-state index >= 15 is 0 Å². The van der Waals surface area contributed by atoms with Crippen LogP contribution in [-0.2, 0) is 0 Å². The van der Waals surface area contributed by atoms with Crippen molar-refractivity contribution in [1.29, 1.82) is 0 Å². The number of carbonyl (C=O) groups is 1. The van der Waals surface area contributed by atoms with E-state index in [-0.39, 0.29) is 6.03 Å². The molecule has 116 valence electrons. The molecule has 0 unspecified atom stereocenters. The maximum Gasteiger partial charge on any atom is 0.323 e. The van der Waals surface area contributed by atoms with E-state index in [1.54, 1.807) is 26.4 Å². The predicted octanol–water partition coefficient (Wildman–Crippen LogP) is 4.42. The van der Waals surface area contributed by atoms with Crippen molar-refractivity contribution in [1.82, 2.24) is 0 Å². The molecule has 0 aliphatic carbocycles. The summed E-state index contributed by atoms with van der Waals surface area (Å²) in [4.78, 5) is 12.2. The Hall–Kier alpha value is -2.21. The topological polar surface area (TPSA) is 59.6 Å². The molecule has 2 amide bonds. The SMILES string of the molecule is COc1cc(NC(=O)Nc2ccccc2C)c(OC)cc1Br. The average Bonchev–Trinajstić information content (AvgIpc) is 2.50. The summed E-state index contributed by atoms with van der Waals surface area (Å²) in [7, 11) is 3.10. The molecular weight excluding hydrogens is 348 g/mol.